The van der Waals surface area contributed by atoms with Crippen LogP contribution in [0.2, 0.25) is 0 Å². The van der Waals surface area contributed by atoms with E-state index in [1.807, 2.05) is 14.1 Å². The van der Waals surface area contributed by atoms with E-state index in [0.717, 1.165) is 0 Å². The van der Waals surface area contributed by atoms with Crippen molar-refractivity contribution in [2.24, 2.45) is 0 Å². The van der Waals surface area contributed by atoms with Gasteiger partial charge < -0.3 is 19.3 Å². The second-order valence-corrected chi connectivity index (χ2v) is 4.37. The molecule has 0 N–H and O–H groups in total. The summed E-state index contributed by atoms with van der Waals surface area (Å²) in [5.41, 5.74) is 0.340. The highest BCUT2D eigenvalue weighted by molar-refractivity contribution is 6.15. The van der Waals surface area contributed by atoms with Crippen molar-refractivity contribution in [3.63, 3.8) is 0 Å². The van der Waals surface area contributed by atoms with E-state index >= 15 is 0 Å². The van der Waals surface area contributed by atoms with E-state index in [2.05, 4.69) is 0 Å². The molecule has 0 fully saturated rings. The molecule has 0 aliphatic heterocycles. The predicted molar refractivity (Wildman–Crippen MR) is 76.8 cm³/mol. The van der Waals surface area contributed by atoms with Crippen molar-refractivity contribution in [1.29, 1.82) is 0 Å². The molecule has 0 radical (unpaired) electrons. The molecule has 6 heteroatoms. The number of allylic oxidation sites excluding steroid dienone is 1. The van der Waals surface area contributed by atoms with Gasteiger partial charge in [-0.15, -0.1) is 0 Å². The summed E-state index contributed by atoms with van der Waals surface area (Å²) in [6.07, 6.45) is 3.41. The van der Waals surface area contributed by atoms with Crippen LogP contribution in [-0.2, 0) is 19.1 Å². The number of ether oxygens (including phenoxy) is 2. The Hall–Kier alpha value is -1.98. The van der Waals surface area contributed by atoms with Crippen molar-refractivity contribution >= 4 is 11.9 Å². The van der Waals surface area contributed by atoms with Crippen molar-refractivity contribution in [3.05, 3.63) is 23.5 Å². The Morgan fingerprint density at radius 3 is 1.70 bits per heavy atom. The average molecular weight is 284 g/mol. The monoisotopic (exact) mass is 284 g/mol. The Morgan fingerprint density at radius 1 is 0.950 bits per heavy atom. The number of hydrogen-bond acceptors (Lipinski definition) is 6. The van der Waals surface area contributed by atoms with Crippen LogP contribution in [0.3, 0.4) is 0 Å². The molecule has 6 nitrogen and oxygen atoms in total. The van der Waals surface area contributed by atoms with Crippen LogP contribution >= 0.6 is 0 Å². The Kier molecular flexibility index (Phi) is 8.12. The van der Waals surface area contributed by atoms with Gasteiger partial charge >= 0.3 is 11.9 Å². The topological polar surface area (TPSA) is 59.1 Å². The van der Waals surface area contributed by atoms with E-state index in [1.165, 1.54) is 0 Å². The number of rotatable bonds is 7. The predicted octanol–water partition coefficient (Wildman–Crippen LogP) is 1.00. The first kappa shape index (κ1) is 18.0. The summed E-state index contributed by atoms with van der Waals surface area (Å²) in [5.74, 6) is -1.36. The van der Waals surface area contributed by atoms with Crippen molar-refractivity contribution in [3.8, 4) is 0 Å². The fourth-order valence-electron chi connectivity index (χ4n) is 1.37. The number of carbonyl (C=O) groups is 2. The number of hydrogen-bond donors (Lipinski definition) is 0. The van der Waals surface area contributed by atoms with Crippen LogP contribution in [0.15, 0.2) is 23.5 Å². The Balaban J connectivity index is 5.73. The molecule has 0 amide bonds. The summed E-state index contributed by atoms with van der Waals surface area (Å²) in [5, 5.41) is 0. The van der Waals surface area contributed by atoms with Gasteiger partial charge in [-0.2, -0.15) is 0 Å². The van der Waals surface area contributed by atoms with E-state index in [9.17, 15) is 9.59 Å². The number of likely N-dealkylation sites (N-methyl/N-ethyl adjacent to an activating group) is 1. The molecule has 0 saturated carbocycles. The molecular weight excluding hydrogens is 260 g/mol. The van der Waals surface area contributed by atoms with Gasteiger partial charge in [0.25, 0.3) is 0 Å². The van der Waals surface area contributed by atoms with Gasteiger partial charge in [-0.3, -0.25) is 0 Å². The third-order valence-electron chi connectivity index (χ3n) is 2.23. The average Bonchev–Trinajstić information content (AvgIpc) is 2.33. The molecule has 0 rings (SSSR count). The molecule has 0 aliphatic carbocycles. The van der Waals surface area contributed by atoms with Crippen molar-refractivity contribution in [2.45, 2.75) is 13.8 Å². The standard InChI is InChI=1S/C14H24N2O4/c1-7-19-13(17)12(14(18)20-8-2)11(16(5)6)9-10-15(3)4/h9-10H,7-8H2,1-6H3/b10-9+. The van der Waals surface area contributed by atoms with Crippen molar-refractivity contribution in [1.82, 2.24) is 9.80 Å². The molecule has 0 atom stereocenters. The van der Waals surface area contributed by atoms with Gasteiger partial charge in [0.15, 0.2) is 5.57 Å². The first-order chi connectivity index (χ1) is 9.34. The van der Waals surface area contributed by atoms with Crippen molar-refractivity contribution < 1.29 is 19.1 Å². The molecule has 0 unspecified atom stereocenters. The normalized spacial score (nSPS) is 10.1. The van der Waals surface area contributed by atoms with Crippen molar-refractivity contribution in [2.75, 3.05) is 41.4 Å². The third-order valence-corrected chi connectivity index (χ3v) is 2.23. The van der Waals surface area contributed by atoms with E-state index in [4.69, 9.17) is 9.47 Å². The number of esters is 2. The first-order valence-corrected chi connectivity index (χ1v) is 6.45. The third kappa shape index (κ3) is 5.77. The summed E-state index contributed by atoms with van der Waals surface area (Å²) >= 11 is 0. The zero-order chi connectivity index (χ0) is 15.7. The van der Waals surface area contributed by atoms with E-state index in [-0.39, 0.29) is 18.8 Å². The Morgan fingerprint density at radius 2 is 1.40 bits per heavy atom. The lowest BCUT2D eigenvalue weighted by Crippen LogP contribution is -2.25. The highest BCUT2D eigenvalue weighted by atomic mass is 16.6. The highest BCUT2D eigenvalue weighted by Crippen LogP contribution is 2.14. The van der Waals surface area contributed by atoms with E-state index < -0.39 is 11.9 Å². The summed E-state index contributed by atoms with van der Waals surface area (Å²) in [6.45, 7) is 3.76. The lowest BCUT2D eigenvalue weighted by atomic mass is 10.2. The van der Waals surface area contributed by atoms with Crippen LogP contribution in [0.25, 0.3) is 0 Å². The molecule has 0 bridgehead atoms. The molecule has 0 aromatic carbocycles. The molecular formula is C14H24N2O4. The maximum Gasteiger partial charge on any atom is 0.347 e. The van der Waals surface area contributed by atoms with E-state index in [1.54, 1.807) is 50.0 Å². The van der Waals surface area contributed by atoms with Gasteiger partial charge in [0.2, 0.25) is 0 Å². The van der Waals surface area contributed by atoms with Crippen LogP contribution in [0, 0.1) is 0 Å². The van der Waals surface area contributed by atoms with Gasteiger partial charge in [0.05, 0.1) is 18.9 Å². The van der Waals surface area contributed by atoms with Crippen LogP contribution in [0.5, 0.6) is 0 Å². The van der Waals surface area contributed by atoms with Crippen LogP contribution in [-0.4, -0.2) is 63.1 Å². The maximum absolute atomic E-state index is 12.0. The molecule has 0 spiro atoms. The highest BCUT2D eigenvalue weighted by Gasteiger charge is 2.26. The maximum atomic E-state index is 12.0. The van der Waals surface area contributed by atoms with Gasteiger partial charge in [0, 0.05) is 34.4 Å². The molecule has 0 heterocycles. The summed E-state index contributed by atoms with van der Waals surface area (Å²) < 4.78 is 9.88. The van der Waals surface area contributed by atoms with Crippen LogP contribution in [0.4, 0.5) is 0 Å². The molecule has 20 heavy (non-hydrogen) atoms. The second kappa shape index (κ2) is 9.01. The summed E-state index contributed by atoms with van der Waals surface area (Å²) in [4.78, 5) is 27.5. The number of nitrogens with zero attached hydrogens (tertiary/aromatic N) is 2. The van der Waals surface area contributed by atoms with Gasteiger partial charge in [0.1, 0.15) is 0 Å². The van der Waals surface area contributed by atoms with Crippen LogP contribution < -0.4 is 0 Å². The van der Waals surface area contributed by atoms with Gasteiger partial charge in [-0.1, -0.05) is 0 Å². The van der Waals surface area contributed by atoms with Gasteiger partial charge in [-0.05, 0) is 19.9 Å². The zero-order valence-electron chi connectivity index (χ0n) is 13.1. The fraction of sp³-hybridized carbons (Fsp3) is 0.571. The summed E-state index contributed by atoms with van der Waals surface area (Å²) in [6, 6.07) is 0. The molecule has 0 aliphatic rings. The smallest absolute Gasteiger partial charge is 0.347 e. The summed E-state index contributed by atoms with van der Waals surface area (Å²) in [7, 11) is 7.18. The molecule has 114 valence electrons. The SMILES string of the molecule is CCOC(=O)C(C(=O)OCC)=C(/C=C/N(C)C)N(C)C. The molecule has 0 aromatic rings. The minimum Gasteiger partial charge on any atom is -0.462 e. The Bertz CT molecular complexity index is 378. The van der Waals surface area contributed by atoms with E-state index in [0.29, 0.717) is 5.70 Å². The minimum absolute atomic E-state index is 0.100. The minimum atomic E-state index is -0.682. The van der Waals surface area contributed by atoms with Crippen LogP contribution in [0.1, 0.15) is 13.8 Å². The first-order valence-electron chi connectivity index (χ1n) is 6.45. The largest absolute Gasteiger partial charge is 0.462 e. The second-order valence-electron chi connectivity index (χ2n) is 4.37. The van der Waals surface area contributed by atoms with Gasteiger partial charge in [-0.25, -0.2) is 9.59 Å². The lowest BCUT2D eigenvalue weighted by molar-refractivity contribution is -0.146. The zero-order valence-corrected chi connectivity index (χ0v) is 13.1. The molecule has 0 saturated heterocycles. The Labute approximate surface area is 120 Å². The molecule has 0 aromatic heterocycles. The lowest BCUT2D eigenvalue weighted by Gasteiger charge is -2.18. The number of carbonyl (C=O) groups excluding carboxylic acids is 2. The quantitative estimate of drug-likeness (QED) is 0.229. The fourth-order valence-corrected chi connectivity index (χ4v) is 1.37.